The zero-order chi connectivity index (χ0) is 86.3. The predicted molar refractivity (Wildman–Crippen MR) is 450 cm³/mol. The van der Waals surface area contributed by atoms with E-state index in [2.05, 4.69) is 106 Å². The molecule has 2 bridgehead atoms. The van der Waals surface area contributed by atoms with Crippen LogP contribution in [0.1, 0.15) is 184 Å². The number of piperazine rings is 1. The third-order valence-corrected chi connectivity index (χ3v) is 25.4. The maximum atomic E-state index is 14.6. The number of hydrogen-bond donors (Lipinski definition) is 0. The summed E-state index contributed by atoms with van der Waals surface area (Å²) in [6, 6.07) is 23.9. The molecule has 5 saturated heterocycles. The quantitative estimate of drug-likeness (QED) is 0.0679. The molecule has 35 heteroatoms. The average Bonchev–Trinajstić information content (AvgIpc) is 1.63. The Hall–Kier alpha value is -11.7. The third kappa shape index (κ3) is 17.4. The second-order valence-corrected chi connectivity index (χ2v) is 34.8. The summed E-state index contributed by atoms with van der Waals surface area (Å²) in [6.07, 6.45) is 10.5. The first-order valence-corrected chi connectivity index (χ1v) is 42.8. The molecule has 125 heavy (non-hydrogen) atoms. The molecule has 0 N–H and O–H groups in total. The van der Waals surface area contributed by atoms with E-state index >= 15 is 0 Å². The minimum absolute atomic E-state index is 0.00208. The number of methoxy groups -OCH3 is 1. The summed E-state index contributed by atoms with van der Waals surface area (Å²) < 4.78 is 130. The molecule has 10 aliphatic heterocycles. The summed E-state index contributed by atoms with van der Waals surface area (Å²) in [4.78, 5) is 80.5. The lowest BCUT2D eigenvalue weighted by molar-refractivity contribution is -0.162. The molecule has 0 spiro atoms. The van der Waals surface area contributed by atoms with Crippen LogP contribution in [0.3, 0.4) is 0 Å². The van der Waals surface area contributed by atoms with Crippen molar-refractivity contribution in [3.05, 3.63) is 201 Å². The molecule has 8 fully saturated rings. The van der Waals surface area contributed by atoms with E-state index in [-0.39, 0.29) is 76.5 Å². The van der Waals surface area contributed by atoms with Gasteiger partial charge >= 0.3 is 6.18 Å². The minimum Gasteiger partial charge on any atom is -0.484 e. The van der Waals surface area contributed by atoms with Gasteiger partial charge in [0.2, 0.25) is 5.91 Å². The number of nitrogens with zero attached hydrogens (tertiary/aromatic N) is 20. The van der Waals surface area contributed by atoms with Crippen molar-refractivity contribution in [2.24, 2.45) is 20.0 Å². The van der Waals surface area contributed by atoms with Gasteiger partial charge in [0.25, 0.3) is 5.82 Å². The molecule has 29 nitrogen and oxygen atoms in total. The third-order valence-electron chi connectivity index (χ3n) is 25.4. The smallest absolute Gasteiger partial charge is 0.453 e. The van der Waals surface area contributed by atoms with Crippen LogP contribution in [0.2, 0.25) is 0 Å². The number of amides is 1. The van der Waals surface area contributed by atoms with Gasteiger partial charge in [0.05, 0.1) is 136 Å². The van der Waals surface area contributed by atoms with Crippen molar-refractivity contribution in [1.82, 2.24) is 59.5 Å². The van der Waals surface area contributed by atoms with Crippen molar-refractivity contribution in [1.29, 1.82) is 0 Å². The summed E-state index contributed by atoms with van der Waals surface area (Å²) in [5.41, 5.74) is 12.1. The van der Waals surface area contributed by atoms with E-state index in [4.69, 9.17) is 42.9 Å². The van der Waals surface area contributed by atoms with Crippen molar-refractivity contribution < 1.29 is 69.0 Å². The van der Waals surface area contributed by atoms with Crippen LogP contribution in [-0.2, 0) is 62.6 Å². The van der Waals surface area contributed by atoms with Crippen molar-refractivity contribution in [3.8, 4) is 23.0 Å². The van der Waals surface area contributed by atoms with Crippen LogP contribution in [0.4, 0.5) is 49.6 Å². The SMILES string of the molecule is CC1(Oc2cc3c(cc2F)CN=C3c2cc(N3C4CCC3COC4)ncn2)CC1.CC1c2nc(C(F)(F)F)nn2CCN1c1cc(C2=NCc3cc(F)c(OC4(C)CC4)cc32)ncn1.CCC1(Oc2ccc3c(c2)C(c2cc(N4CCO[C@H](C)C4)ncn2)=NC3)COC1.COCC(=O)N1CCN(c2cc(C3=NCc4cc(F)c(OC5(C)CC5)cc43)ncn2)CC1. The zero-order valence-corrected chi connectivity index (χ0v) is 70.6. The largest absolute Gasteiger partial charge is 0.484 e. The van der Waals surface area contributed by atoms with Gasteiger partial charge in [0.15, 0.2) is 40.3 Å². The molecule has 3 aliphatic carbocycles. The Bertz CT molecular complexity index is 5770. The molecule has 5 aromatic heterocycles. The topological polar surface area (TPSA) is 290 Å². The van der Waals surface area contributed by atoms with Gasteiger partial charge in [-0.15, -0.1) is 5.10 Å². The number of alkyl halides is 3. The summed E-state index contributed by atoms with van der Waals surface area (Å²) in [5, 5.41) is 3.61. The summed E-state index contributed by atoms with van der Waals surface area (Å²) in [6.45, 7) is 22.3. The average molecular weight is 1720 g/mol. The minimum atomic E-state index is -4.61. The first-order valence-electron chi connectivity index (χ1n) is 42.8. The second kappa shape index (κ2) is 33.3. The molecule has 9 aromatic rings. The monoisotopic (exact) mass is 1710 g/mol. The lowest BCUT2D eigenvalue weighted by Crippen LogP contribution is -2.53. The summed E-state index contributed by atoms with van der Waals surface area (Å²) >= 11 is 0. The van der Waals surface area contributed by atoms with E-state index in [0.29, 0.717) is 119 Å². The normalized spacial score (nSPS) is 21.9. The van der Waals surface area contributed by atoms with Gasteiger partial charge in [-0.1, -0.05) is 13.0 Å². The fourth-order valence-electron chi connectivity index (χ4n) is 17.2. The lowest BCUT2D eigenvalue weighted by atomic mass is 9.98. The summed E-state index contributed by atoms with van der Waals surface area (Å²) in [7, 11) is 1.52. The number of benzene rings is 4. The molecule has 3 unspecified atom stereocenters. The number of aliphatic imine (C=N–C) groups is 4. The number of ether oxygens (including phenoxy) is 8. The van der Waals surface area contributed by atoms with Gasteiger partial charge in [-0.25, -0.2) is 62.7 Å². The van der Waals surface area contributed by atoms with Gasteiger partial charge in [0, 0.05) is 99.4 Å². The fraction of sp³-hybridized carbons (Fsp3) is 0.478. The maximum absolute atomic E-state index is 14.6. The van der Waals surface area contributed by atoms with Crippen LogP contribution >= 0.6 is 0 Å². The highest BCUT2D eigenvalue weighted by Crippen LogP contribution is 2.46. The molecule has 22 rings (SSSR count). The summed E-state index contributed by atoms with van der Waals surface area (Å²) in [5.74, 6) is 2.78. The van der Waals surface area contributed by atoms with E-state index in [1.54, 1.807) is 54.8 Å². The molecule has 4 aromatic carbocycles. The van der Waals surface area contributed by atoms with E-state index in [1.165, 1.54) is 42.1 Å². The molecule has 13 aliphatic rings. The van der Waals surface area contributed by atoms with E-state index in [9.17, 15) is 31.1 Å². The molecule has 1 amide bonds. The standard InChI is InChI=1S/C23H21F4N7O.C23H26FN5O3.C22H23FN4O2.C22H26N4O3/c1-12-20-31-21(23(25,26)27)32-34(20)6-5-33(12)18-9-16(29-11-30-18)19-14-8-17(35-22(2)3-4-22)15(24)7-13(14)10-28-19;1-23(3-4-23)32-19-10-16-15(9-17(19)24)12-25-22(16)18-11-20(27-14-26-18)28-5-7-29(8-6-28)21(30)13-31-2;1-22(4-5-22)29-19-7-16-13(6-17(19)23)9-24-21(16)18-8-20(26-12-25-18)27-14-2-3-15(27)11-28-10-14;1-3-22(12-27-13-22)29-17-5-4-16-10-23-21(18(16)8-17)19-9-20(25-14-24-19)26-6-7-28-15(2)11-26/h7-9,11-12H,3-6,10H2,1-2H3;9-11,14H,3-8,12-13H2,1-2H3;6-8,12,14-15H,2-5,9-11H2,1H3;4-5,8-9,14-15H,3,6-7,10-13H2,1-2H3/t;;;15-/m...1/s1. The first kappa shape index (κ1) is 82.9. The van der Waals surface area contributed by atoms with Crippen molar-refractivity contribution in [2.45, 2.75) is 185 Å². The number of halogens is 6. The van der Waals surface area contributed by atoms with E-state index in [1.807, 2.05) is 49.9 Å². The van der Waals surface area contributed by atoms with Crippen molar-refractivity contribution >= 4 is 52.0 Å². The van der Waals surface area contributed by atoms with Crippen LogP contribution in [0.5, 0.6) is 23.0 Å². The Morgan fingerprint density at radius 2 is 0.984 bits per heavy atom. The van der Waals surface area contributed by atoms with Crippen molar-refractivity contribution in [3.63, 3.8) is 0 Å². The predicted octanol–water partition coefficient (Wildman–Crippen LogP) is 12.2. The van der Waals surface area contributed by atoms with E-state index in [0.717, 1.165) is 175 Å². The highest BCUT2D eigenvalue weighted by atomic mass is 19.4. The Morgan fingerprint density at radius 1 is 0.520 bits per heavy atom. The Kier molecular flexibility index (Phi) is 22.1. The van der Waals surface area contributed by atoms with Crippen LogP contribution < -0.4 is 38.5 Å². The molecule has 4 atom stereocenters. The molecule has 652 valence electrons. The molecular formula is C90H96F6N20O9. The van der Waals surface area contributed by atoms with Crippen molar-refractivity contribution in [2.75, 3.05) is 112 Å². The van der Waals surface area contributed by atoms with Crippen LogP contribution in [0.15, 0.2) is 124 Å². The maximum Gasteiger partial charge on any atom is 0.453 e. The Morgan fingerprint density at radius 3 is 1.45 bits per heavy atom. The van der Waals surface area contributed by atoms with Gasteiger partial charge in [-0.3, -0.25) is 24.8 Å². The van der Waals surface area contributed by atoms with Crippen LogP contribution in [0.25, 0.3) is 0 Å². The lowest BCUT2D eigenvalue weighted by Gasteiger charge is -2.40. The highest BCUT2D eigenvalue weighted by Gasteiger charge is 2.46. The Labute approximate surface area is 717 Å². The molecular weight excluding hydrogens is 1620 g/mol. The van der Waals surface area contributed by atoms with Gasteiger partial charge < -0.3 is 62.4 Å². The highest BCUT2D eigenvalue weighted by molar-refractivity contribution is 6.16. The molecule has 0 radical (unpaired) electrons. The number of hydrogen-bond acceptors (Lipinski definition) is 27. The van der Waals surface area contributed by atoms with Crippen LogP contribution in [0, 0.1) is 17.5 Å². The Balaban J connectivity index is 0.000000109. The first-order chi connectivity index (χ1) is 60.3. The number of morpholine rings is 2. The number of carbonyl (C=O) groups is 1. The number of rotatable bonds is 19. The number of anilines is 4. The van der Waals surface area contributed by atoms with E-state index < -0.39 is 23.9 Å². The molecule has 3 saturated carbocycles. The number of aromatic nitrogens is 11. The van der Waals surface area contributed by atoms with Gasteiger partial charge in [0.1, 0.15) is 83.6 Å². The second-order valence-electron chi connectivity index (χ2n) is 34.8. The number of fused-ring (bicyclic) bond motifs is 7. The zero-order valence-electron chi connectivity index (χ0n) is 70.6. The number of carbonyl (C=O) groups excluding carboxylic acids is 1. The van der Waals surface area contributed by atoms with Crippen LogP contribution in [-0.4, -0.2) is 221 Å². The van der Waals surface area contributed by atoms with Gasteiger partial charge in [-0.05, 0) is 163 Å². The fourth-order valence-corrected chi connectivity index (χ4v) is 17.2. The molecule has 15 heterocycles. The van der Waals surface area contributed by atoms with Gasteiger partial charge in [-0.2, -0.15) is 13.2 Å².